The van der Waals surface area contributed by atoms with Crippen molar-refractivity contribution < 1.29 is 52.7 Å². The van der Waals surface area contributed by atoms with Crippen LogP contribution in [0.25, 0.3) is 0 Å². The van der Waals surface area contributed by atoms with Crippen LogP contribution in [0.15, 0.2) is 18.2 Å². The van der Waals surface area contributed by atoms with E-state index in [0.29, 0.717) is 12.8 Å². The molecule has 0 fully saturated rings. The zero-order valence-electron chi connectivity index (χ0n) is 21.6. The van der Waals surface area contributed by atoms with Crippen LogP contribution < -0.4 is 14.8 Å². The van der Waals surface area contributed by atoms with Crippen LogP contribution in [0.1, 0.15) is 59.9 Å². The van der Waals surface area contributed by atoms with Gasteiger partial charge in [-0.25, -0.2) is 19.2 Å². The predicted molar refractivity (Wildman–Crippen MR) is 126 cm³/mol. The summed E-state index contributed by atoms with van der Waals surface area (Å²) in [6.07, 6.45) is -3.46. The van der Waals surface area contributed by atoms with Crippen molar-refractivity contribution in [3.8, 4) is 11.5 Å². The maximum Gasteiger partial charge on any atom is 0.514 e. The molecule has 0 radical (unpaired) electrons. The Morgan fingerprint density at radius 2 is 1.42 bits per heavy atom. The molecule has 0 heterocycles. The second-order valence-electron chi connectivity index (χ2n) is 8.32. The monoisotopic (exact) mass is 513 g/mol. The predicted octanol–water partition coefficient (Wildman–Crippen LogP) is 4.42. The molecule has 1 aromatic rings. The van der Waals surface area contributed by atoms with Gasteiger partial charge in [-0.05, 0) is 58.2 Å². The van der Waals surface area contributed by atoms with Crippen LogP contribution in [0.2, 0.25) is 0 Å². The first-order valence-electron chi connectivity index (χ1n) is 11.5. The Bertz CT molecular complexity index is 917. The van der Waals surface area contributed by atoms with Crippen LogP contribution in [0.5, 0.6) is 11.5 Å². The van der Waals surface area contributed by atoms with E-state index < -0.39 is 54.8 Å². The number of methoxy groups -OCH3 is 1. The van der Waals surface area contributed by atoms with Crippen molar-refractivity contribution in [2.24, 2.45) is 0 Å². The number of rotatable bonds is 12. The molecule has 0 amide bonds. The summed E-state index contributed by atoms with van der Waals surface area (Å²) in [7, 11) is 1.05. The molecule has 2 N–H and O–H groups in total. The largest absolute Gasteiger partial charge is 0.514 e. The maximum absolute atomic E-state index is 12.3. The van der Waals surface area contributed by atoms with Gasteiger partial charge in [0.25, 0.3) is 5.72 Å². The van der Waals surface area contributed by atoms with Crippen LogP contribution in [0, 0.1) is 0 Å². The molecule has 12 nitrogen and oxygen atoms in total. The van der Waals surface area contributed by atoms with Gasteiger partial charge in [0.05, 0.1) is 7.11 Å². The van der Waals surface area contributed by atoms with Gasteiger partial charge in [-0.2, -0.15) is 0 Å². The van der Waals surface area contributed by atoms with E-state index in [1.165, 1.54) is 18.2 Å². The van der Waals surface area contributed by atoms with Crippen LogP contribution in [-0.2, 0) is 30.2 Å². The third-order valence-electron chi connectivity index (χ3n) is 4.88. The Balaban J connectivity index is 3.39. The van der Waals surface area contributed by atoms with Crippen molar-refractivity contribution in [1.29, 1.82) is 0 Å². The topological polar surface area (TPSA) is 156 Å². The number of carbonyl (C=O) groups is 4. The van der Waals surface area contributed by atoms with Gasteiger partial charge >= 0.3 is 24.4 Å². The fraction of sp³-hybridized carbons (Fsp3) is 0.583. The molecule has 2 unspecified atom stereocenters. The normalized spacial score (nSPS) is 14.1. The number of hydrogen-bond acceptors (Lipinski definition) is 11. The quantitative estimate of drug-likeness (QED) is 0.176. The number of ether oxygens (including phenoxy) is 6. The molecule has 0 aromatic heterocycles. The average Bonchev–Trinajstić information content (AvgIpc) is 2.79. The van der Waals surface area contributed by atoms with E-state index >= 15 is 0 Å². The minimum absolute atomic E-state index is 0.167. The minimum atomic E-state index is -2.21. The Morgan fingerprint density at radius 3 is 1.86 bits per heavy atom. The number of carboxylic acids is 1. The minimum Gasteiger partial charge on any atom is -0.477 e. The Hall–Kier alpha value is -3.54. The van der Waals surface area contributed by atoms with Gasteiger partial charge in [-0.1, -0.05) is 19.9 Å². The molecule has 0 aliphatic heterocycles. The van der Waals surface area contributed by atoms with Crippen molar-refractivity contribution in [3.63, 3.8) is 0 Å². The molecule has 12 heteroatoms. The molecule has 0 spiro atoms. The molecule has 0 bridgehead atoms. The van der Waals surface area contributed by atoms with Crippen molar-refractivity contribution >= 4 is 24.4 Å². The van der Waals surface area contributed by atoms with Crippen molar-refractivity contribution in [2.75, 3.05) is 7.11 Å². The molecular weight excluding hydrogens is 478 g/mol. The van der Waals surface area contributed by atoms with E-state index in [9.17, 15) is 24.3 Å². The van der Waals surface area contributed by atoms with Gasteiger partial charge in [0.2, 0.25) is 0 Å². The summed E-state index contributed by atoms with van der Waals surface area (Å²) in [5, 5.41) is 12.6. The maximum atomic E-state index is 12.3. The summed E-state index contributed by atoms with van der Waals surface area (Å²) in [6, 6.07) is 3.56. The SMILES string of the molecule is CCC(C)OC(=O)Oc1ccc(C[C@](NC(C)C)(OC(=O)OC)C(=O)O)cc1OC(=O)OC(C)CC. The van der Waals surface area contributed by atoms with Gasteiger partial charge in [0.1, 0.15) is 12.2 Å². The number of nitrogens with one attached hydrogen (secondary N) is 1. The molecule has 3 atom stereocenters. The lowest BCUT2D eigenvalue weighted by Crippen LogP contribution is -2.59. The standard InChI is InChI=1S/C24H35NO11/c1-8-15(5)32-22(29)34-18-11-10-17(12-19(18)35-23(30)33-16(6)9-2)13-24(20(26)27,25-14(3)4)36-21(28)31-7/h10-12,14-16,25H,8-9,13H2,1-7H3,(H,26,27)/t15?,16?,24-/m0/s1. The summed E-state index contributed by atoms with van der Waals surface area (Å²) in [5.74, 6) is -1.89. The lowest BCUT2D eigenvalue weighted by atomic mass is 10.0. The van der Waals surface area contributed by atoms with Gasteiger partial charge in [-0.15, -0.1) is 0 Å². The van der Waals surface area contributed by atoms with E-state index in [-0.39, 0.29) is 17.1 Å². The van der Waals surface area contributed by atoms with Gasteiger partial charge in [0.15, 0.2) is 11.5 Å². The number of aliphatic carboxylic acids is 1. The summed E-state index contributed by atoms with van der Waals surface area (Å²) in [5.41, 5.74) is -1.96. The lowest BCUT2D eigenvalue weighted by Gasteiger charge is -2.31. The molecule has 1 aromatic carbocycles. The first-order chi connectivity index (χ1) is 16.8. The van der Waals surface area contributed by atoms with E-state index in [0.717, 1.165) is 7.11 Å². The van der Waals surface area contributed by atoms with Gasteiger partial charge < -0.3 is 33.5 Å². The zero-order valence-corrected chi connectivity index (χ0v) is 21.6. The van der Waals surface area contributed by atoms with Gasteiger partial charge in [0, 0.05) is 12.5 Å². The smallest absolute Gasteiger partial charge is 0.477 e. The molecule has 202 valence electrons. The van der Waals surface area contributed by atoms with E-state index in [4.69, 9.17) is 23.7 Å². The summed E-state index contributed by atoms with van der Waals surface area (Å²) in [6.45, 7) is 10.3. The number of carboxylic acid groups (broad SMARTS) is 1. The zero-order chi connectivity index (χ0) is 27.5. The van der Waals surface area contributed by atoms with Crippen molar-refractivity contribution in [1.82, 2.24) is 5.32 Å². The fourth-order valence-corrected chi connectivity index (χ4v) is 2.78. The Kier molecular flexibility index (Phi) is 12.0. The molecule has 0 aliphatic rings. The van der Waals surface area contributed by atoms with Crippen LogP contribution in [0.3, 0.4) is 0 Å². The molecule has 1 rings (SSSR count). The number of benzene rings is 1. The molecule has 0 saturated carbocycles. The summed E-state index contributed by atoms with van der Waals surface area (Å²) >= 11 is 0. The molecule has 0 aliphatic carbocycles. The molecular formula is C24H35NO11. The number of hydrogen-bond donors (Lipinski definition) is 2. The second kappa shape index (κ2) is 14.1. The summed E-state index contributed by atoms with van der Waals surface area (Å²) < 4.78 is 30.2. The third-order valence-corrected chi connectivity index (χ3v) is 4.88. The van der Waals surface area contributed by atoms with Gasteiger partial charge in [-0.3, -0.25) is 5.32 Å². The highest BCUT2D eigenvalue weighted by atomic mass is 16.8. The summed E-state index contributed by atoms with van der Waals surface area (Å²) in [4.78, 5) is 48.4. The average molecular weight is 514 g/mol. The highest BCUT2D eigenvalue weighted by Gasteiger charge is 2.44. The first kappa shape index (κ1) is 30.5. The van der Waals surface area contributed by atoms with Crippen molar-refractivity contribution in [3.05, 3.63) is 23.8 Å². The van der Waals surface area contributed by atoms with E-state index in [2.05, 4.69) is 10.1 Å². The number of carbonyl (C=O) groups excluding carboxylic acids is 3. The lowest BCUT2D eigenvalue weighted by molar-refractivity contribution is -0.166. The first-order valence-corrected chi connectivity index (χ1v) is 11.5. The van der Waals surface area contributed by atoms with Crippen LogP contribution in [0.4, 0.5) is 14.4 Å². The molecule has 0 saturated heterocycles. The van der Waals surface area contributed by atoms with E-state index in [1.54, 1.807) is 27.7 Å². The fourth-order valence-electron chi connectivity index (χ4n) is 2.78. The molecule has 36 heavy (non-hydrogen) atoms. The highest BCUT2D eigenvalue weighted by molar-refractivity contribution is 5.80. The van der Waals surface area contributed by atoms with Crippen molar-refractivity contribution in [2.45, 2.75) is 84.8 Å². The third kappa shape index (κ3) is 9.61. The van der Waals surface area contributed by atoms with Crippen LogP contribution in [-0.4, -0.2) is 60.6 Å². The second-order valence-corrected chi connectivity index (χ2v) is 8.32. The van der Waals surface area contributed by atoms with Crippen LogP contribution >= 0.6 is 0 Å². The Morgan fingerprint density at radius 1 is 0.889 bits per heavy atom. The van der Waals surface area contributed by atoms with E-state index in [1.807, 2.05) is 13.8 Å². The highest BCUT2D eigenvalue weighted by Crippen LogP contribution is 2.31. The Labute approximate surface area is 210 Å².